The first-order chi connectivity index (χ1) is 11.1. The zero-order valence-corrected chi connectivity index (χ0v) is 13.6. The fraction of sp³-hybridized carbons (Fsp3) is 0.444. The second kappa shape index (κ2) is 6.54. The first-order valence-electron chi connectivity index (χ1n) is 8.16. The van der Waals surface area contributed by atoms with Crippen molar-refractivity contribution >= 4 is 16.8 Å². The Balaban J connectivity index is 1.87. The molecule has 0 radical (unpaired) electrons. The van der Waals surface area contributed by atoms with Crippen molar-refractivity contribution < 1.29 is 9.53 Å². The molecule has 0 bridgehead atoms. The van der Waals surface area contributed by atoms with Crippen LogP contribution >= 0.6 is 0 Å². The molecule has 2 heterocycles. The van der Waals surface area contributed by atoms with Gasteiger partial charge in [-0.25, -0.2) is 0 Å². The minimum Gasteiger partial charge on any atom is -0.382 e. The summed E-state index contributed by atoms with van der Waals surface area (Å²) in [5.41, 5.74) is 2.18. The number of rotatable bonds is 6. The molecule has 1 aromatic heterocycles. The number of para-hydroxylation sites is 1. The Bertz CT molecular complexity index is 795. The van der Waals surface area contributed by atoms with Crippen LogP contribution in [0.1, 0.15) is 42.2 Å². The predicted molar refractivity (Wildman–Crippen MR) is 90.1 cm³/mol. The molecule has 5 heteroatoms. The molecule has 1 aliphatic rings. The number of ether oxygens (including phenoxy) is 1. The predicted octanol–water partition coefficient (Wildman–Crippen LogP) is 2.28. The number of nitrogens with one attached hydrogen (secondary N) is 1. The molecule has 1 aromatic carbocycles. The second-order valence-corrected chi connectivity index (χ2v) is 5.95. The van der Waals surface area contributed by atoms with Gasteiger partial charge < -0.3 is 14.6 Å². The number of hydrogen-bond donors (Lipinski definition) is 1. The number of carbonyl (C=O) groups is 1. The lowest BCUT2D eigenvalue weighted by Gasteiger charge is -2.12. The zero-order valence-electron chi connectivity index (χ0n) is 13.6. The molecule has 0 fully saturated rings. The van der Waals surface area contributed by atoms with Gasteiger partial charge in [0.05, 0.1) is 5.52 Å². The van der Waals surface area contributed by atoms with E-state index < -0.39 is 0 Å². The minimum absolute atomic E-state index is 0.186. The number of nitrogens with zero attached hydrogens (tertiary/aromatic N) is 1. The van der Waals surface area contributed by atoms with Crippen molar-refractivity contribution in [3.63, 3.8) is 0 Å². The Hall–Kier alpha value is -2.14. The molecule has 1 aliphatic heterocycles. The summed E-state index contributed by atoms with van der Waals surface area (Å²) < 4.78 is 7.30. The third kappa shape index (κ3) is 2.88. The first kappa shape index (κ1) is 15.7. The van der Waals surface area contributed by atoms with Gasteiger partial charge in [0.1, 0.15) is 5.56 Å². The highest BCUT2D eigenvalue weighted by Gasteiger charge is 2.24. The molecule has 0 spiro atoms. The van der Waals surface area contributed by atoms with Crippen molar-refractivity contribution in [3.05, 3.63) is 45.7 Å². The standard InChI is InChI=1S/C18H22N2O3/c1-3-23-9-5-8-19-18(22)15-11-20-12(2)10-13-6-4-7-14(16(13)20)17(15)21/h4,6-7,11-12H,3,5,8-10H2,1-2H3,(H,19,22). The summed E-state index contributed by atoms with van der Waals surface area (Å²) in [5.74, 6) is -0.304. The van der Waals surface area contributed by atoms with Crippen LogP contribution in [0.3, 0.4) is 0 Å². The summed E-state index contributed by atoms with van der Waals surface area (Å²) in [6, 6.07) is 6.02. The zero-order chi connectivity index (χ0) is 16.4. The number of aromatic nitrogens is 1. The Kier molecular flexibility index (Phi) is 4.48. The largest absolute Gasteiger partial charge is 0.382 e. The SMILES string of the molecule is CCOCCCNC(=O)c1cn2c3c(cccc3c1=O)CC2C. The highest BCUT2D eigenvalue weighted by Crippen LogP contribution is 2.30. The van der Waals surface area contributed by atoms with Crippen LogP contribution in [0.4, 0.5) is 0 Å². The van der Waals surface area contributed by atoms with Gasteiger partial charge in [0.2, 0.25) is 5.43 Å². The van der Waals surface area contributed by atoms with Crippen molar-refractivity contribution in [3.8, 4) is 0 Å². The molecule has 1 amide bonds. The van der Waals surface area contributed by atoms with Crippen LogP contribution in [0.15, 0.2) is 29.2 Å². The Morgan fingerprint density at radius 1 is 1.43 bits per heavy atom. The third-order valence-corrected chi connectivity index (χ3v) is 4.33. The number of hydrogen-bond acceptors (Lipinski definition) is 3. The molecule has 3 rings (SSSR count). The van der Waals surface area contributed by atoms with E-state index in [4.69, 9.17) is 4.74 Å². The normalized spacial score (nSPS) is 16.0. The summed E-state index contributed by atoms with van der Waals surface area (Å²) >= 11 is 0. The average Bonchev–Trinajstić information content (AvgIpc) is 2.87. The van der Waals surface area contributed by atoms with Gasteiger partial charge in [-0.3, -0.25) is 9.59 Å². The maximum Gasteiger partial charge on any atom is 0.256 e. The number of amides is 1. The van der Waals surface area contributed by atoms with E-state index in [1.54, 1.807) is 6.20 Å². The molecule has 0 saturated heterocycles. The summed E-state index contributed by atoms with van der Waals surface area (Å²) in [5, 5.41) is 3.45. The summed E-state index contributed by atoms with van der Waals surface area (Å²) in [7, 11) is 0. The van der Waals surface area contributed by atoms with Crippen LogP contribution in [0.25, 0.3) is 10.9 Å². The molecule has 1 atom stereocenters. The van der Waals surface area contributed by atoms with Crippen LogP contribution in [0.5, 0.6) is 0 Å². The van der Waals surface area contributed by atoms with Crippen molar-refractivity contribution in [1.29, 1.82) is 0 Å². The van der Waals surface area contributed by atoms with Crippen molar-refractivity contribution in [2.24, 2.45) is 0 Å². The van der Waals surface area contributed by atoms with Crippen LogP contribution in [-0.4, -0.2) is 30.2 Å². The van der Waals surface area contributed by atoms with Gasteiger partial charge in [-0.15, -0.1) is 0 Å². The second-order valence-electron chi connectivity index (χ2n) is 5.95. The van der Waals surface area contributed by atoms with Gasteiger partial charge in [-0.2, -0.15) is 0 Å². The molecule has 5 nitrogen and oxygen atoms in total. The van der Waals surface area contributed by atoms with Crippen molar-refractivity contribution in [2.75, 3.05) is 19.8 Å². The molecule has 2 aromatic rings. The number of benzene rings is 1. The molecule has 1 unspecified atom stereocenters. The van der Waals surface area contributed by atoms with E-state index in [0.717, 1.165) is 18.4 Å². The topological polar surface area (TPSA) is 60.3 Å². The van der Waals surface area contributed by atoms with Gasteiger partial charge in [-0.05, 0) is 38.3 Å². The van der Waals surface area contributed by atoms with E-state index in [-0.39, 0.29) is 22.9 Å². The number of pyridine rings is 1. The highest BCUT2D eigenvalue weighted by atomic mass is 16.5. The third-order valence-electron chi connectivity index (χ3n) is 4.33. The van der Waals surface area contributed by atoms with Crippen LogP contribution < -0.4 is 10.7 Å². The molecular formula is C18H22N2O3. The molecule has 23 heavy (non-hydrogen) atoms. The van der Waals surface area contributed by atoms with Gasteiger partial charge in [-0.1, -0.05) is 12.1 Å². The van der Waals surface area contributed by atoms with Crippen molar-refractivity contribution in [2.45, 2.75) is 32.7 Å². The average molecular weight is 314 g/mol. The lowest BCUT2D eigenvalue weighted by atomic mass is 10.1. The Morgan fingerprint density at radius 2 is 2.26 bits per heavy atom. The number of carbonyl (C=O) groups excluding carboxylic acids is 1. The molecule has 0 saturated carbocycles. The van der Waals surface area contributed by atoms with E-state index >= 15 is 0 Å². The summed E-state index contributed by atoms with van der Waals surface area (Å²) in [4.78, 5) is 25.0. The smallest absolute Gasteiger partial charge is 0.256 e. The molecule has 1 N–H and O–H groups in total. The van der Waals surface area contributed by atoms with Crippen molar-refractivity contribution in [1.82, 2.24) is 9.88 Å². The molecule has 0 aliphatic carbocycles. The Labute approximate surface area is 135 Å². The van der Waals surface area contributed by atoms with Gasteiger partial charge >= 0.3 is 0 Å². The summed E-state index contributed by atoms with van der Waals surface area (Å²) in [6.07, 6.45) is 3.35. The fourth-order valence-corrected chi connectivity index (χ4v) is 3.19. The van der Waals surface area contributed by atoms with E-state index in [1.165, 1.54) is 5.56 Å². The quantitative estimate of drug-likeness (QED) is 0.832. The summed E-state index contributed by atoms with van der Waals surface area (Å²) in [6.45, 7) is 5.83. The maximum absolute atomic E-state index is 12.6. The van der Waals surface area contributed by atoms with E-state index in [0.29, 0.717) is 25.1 Å². The lowest BCUT2D eigenvalue weighted by Crippen LogP contribution is -2.31. The van der Waals surface area contributed by atoms with Gasteiger partial charge in [0, 0.05) is 37.4 Å². The highest BCUT2D eigenvalue weighted by molar-refractivity contribution is 5.98. The fourth-order valence-electron chi connectivity index (χ4n) is 3.19. The minimum atomic E-state index is -0.304. The van der Waals surface area contributed by atoms with Gasteiger partial charge in [0.25, 0.3) is 5.91 Å². The van der Waals surface area contributed by atoms with Crippen LogP contribution in [0, 0.1) is 0 Å². The Morgan fingerprint density at radius 3 is 3.04 bits per heavy atom. The van der Waals surface area contributed by atoms with Crippen LogP contribution in [0.2, 0.25) is 0 Å². The van der Waals surface area contributed by atoms with Crippen LogP contribution in [-0.2, 0) is 11.2 Å². The van der Waals surface area contributed by atoms with E-state index in [9.17, 15) is 9.59 Å². The van der Waals surface area contributed by atoms with E-state index in [1.807, 2.05) is 19.1 Å². The van der Waals surface area contributed by atoms with Gasteiger partial charge in [0.15, 0.2) is 0 Å². The monoisotopic (exact) mass is 314 g/mol. The maximum atomic E-state index is 12.6. The molecular weight excluding hydrogens is 292 g/mol. The molecule has 122 valence electrons. The lowest BCUT2D eigenvalue weighted by molar-refractivity contribution is 0.0942. The van der Waals surface area contributed by atoms with E-state index in [2.05, 4.69) is 22.9 Å². The first-order valence-corrected chi connectivity index (χ1v) is 8.16.